The smallest absolute Gasteiger partial charge is 0.283 e. The number of nitrogens with zero attached hydrogens (tertiary/aromatic N) is 4. The van der Waals surface area contributed by atoms with E-state index in [1.54, 1.807) is 13.2 Å². The zero-order valence-electron chi connectivity index (χ0n) is 22.3. The molecule has 1 N–H and O–H groups in total. The van der Waals surface area contributed by atoms with E-state index in [4.69, 9.17) is 14.9 Å². The maximum atomic E-state index is 13.1. The highest BCUT2D eigenvalue weighted by molar-refractivity contribution is 8.27. The highest BCUT2D eigenvalue weighted by Gasteiger charge is 2.36. The Kier molecular flexibility index (Phi) is 6.73. The first kappa shape index (κ1) is 25.6. The third kappa shape index (κ3) is 4.69. The number of amides is 1. The molecule has 40 heavy (non-hydrogen) atoms. The largest absolute Gasteiger partial charge is 0.497 e. The van der Waals surface area contributed by atoms with E-state index in [0.29, 0.717) is 23.4 Å². The first-order chi connectivity index (χ1) is 19.4. The van der Waals surface area contributed by atoms with E-state index in [1.165, 1.54) is 16.8 Å². The minimum atomic E-state index is -0.442. The minimum absolute atomic E-state index is 0.0173. The fourth-order valence-electron chi connectivity index (χ4n) is 4.80. The molecule has 8 nitrogen and oxygen atoms in total. The second kappa shape index (κ2) is 10.5. The van der Waals surface area contributed by atoms with E-state index in [2.05, 4.69) is 20.7 Å². The molecule has 0 radical (unpaired) electrons. The fraction of sp³-hybridized carbons (Fsp3) is 0.161. The van der Waals surface area contributed by atoms with Crippen molar-refractivity contribution in [3.8, 4) is 11.5 Å². The average Bonchev–Trinajstić information content (AvgIpc) is 3.51. The number of thioether (sulfide) groups is 1. The molecule has 0 spiro atoms. The number of carbonyl (C=O) groups excluding carboxylic acids is 1. The number of benzene rings is 3. The van der Waals surface area contributed by atoms with Crippen molar-refractivity contribution in [2.24, 2.45) is 10.1 Å². The van der Waals surface area contributed by atoms with Gasteiger partial charge in [-0.3, -0.25) is 10.2 Å². The summed E-state index contributed by atoms with van der Waals surface area (Å²) < 4.78 is 13.4. The van der Waals surface area contributed by atoms with Gasteiger partial charge in [0.1, 0.15) is 23.1 Å². The molecule has 3 aromatic carbocycles. The molecule has 0 fully saturated rings. The summed E-state index contributed by atoms with van der Waals surface area (Å²) in [6.45, 7) is 5.12. The van der Waals surface area contributed by atoms with Crippen LogP contribution in [0.25, 0.3) is 17.0 Å². The molecule has 9 heteroatoms. The van der Waals surface area contributed by atoms with Gasteiger partial charge in [0.15, 0.2) is 5.84 Å². The number of hydrazone groups is 1. The van der Waals surface area contributed by atoms with Crippen LogP contribution >= 0.6 is 11.8 Å². The second-order valence-corrected chi connectivity index (χ2v) is 10.4. The number of nitrogens with one attached hydrogen (secondary N) is 1. The first-order valence-corrected chi connectivity index (χ1v) is 13.7. The molecule has 0 aliphatic carbocycles. The number of aromatic nitrogens is 1. The highest BCUT2D eigenvalue weighted by atomic mass is 32.2. The summed E-state index contributed by atoms with van der Waals surface area (Å²) in [4.78, 5) is 17.4. The Balaban J connectivity index is 1.29. The maximum absolute atomic E-state index is 13.1. The van der Waals surface area contributed by atoms with Gasteiger partial charge in [0.05, 0.1) is 19.2 Å². The number of rotatable bonds is 7. The quantitative estimate of drug-likeness (QED) is 0.285. The van der Waals surface area contributed by atoms with Crippen molar-refractivity contribution < 1.29 is 14.3 Å². The molecule has 6 rings (SSSR count). The fourth-order valence-corrected chi connectivity index (χ4v) is 5.70. The molecule has 3 heterocycles. The highest BCUT2D eigenvalue weighted by Crippen LogP contribution is 2.33. The number of ether oxygens (including phenoxy) is 2. The molecule has 0 saturated heterocycles. The van der Waals surface area contributed by atoms with E-state index in [9.17, 15) is 4.79 Å². The van der Waals surface area contributed by atoms with Crippen molar-refractivity contribution in [3.63, 3.8) is 0 Å². The zero-order valence-corrected chi connectivity index (χ0v) is 23.2. The Morgan fingerprint density at radius 2 is 1.70 bits per heavy atom. The van der Waals surface area contributed by atoms with Crippen LogP contribution in [0.5, 0.6) is 11.5 Å². The van der Waals surface area contributed by atoms with Crippen LogP contribution in [-0.2, 0) is 11.3 Å². The monoisotopic (exact) mass is 549 g/mol. The number of methoxy groups -OCH3 is 1. The van der Waals surface area contributed by atoms with Gasteiger partial charge in [0.25, 0.3) is 5.91 Å². The van der Waals surface area contributed by atoms with E-state index in [1.807, 2.05) is 80.6 Å². The van der Waals surface area contributed by atoms with Crippen molar-refractivity contribution >= 4 is 50.7 Å². The lowest BCUT2D eigenvalue weighted by Crippen LogP contribution is -2.35. The molecule has 0 bridgehead atoms. The molecule has 0 saturated carbocycles. The normalized spacial score (nSPS) is 15.9. The van der Waals surface area contributed by atoms with E-state index >= 15 is 0 Å². The van der Waals surface area contributed by atoms with Crippen LogP contribution in [0.3, 0.4) is 0 Å². The van der Waals surface area contributed by atoms with Crippen LogP contribution in [0, 0.1) is 19.3 Å². The number of aliphatic imine (C=N–C) groups is 1. The SMILES string of the molecule is COc1ccc(OCCn2c(C)c(/C=C3/C(=N)N4N=C(c5ccc(C)cc5)SC4=NC3=O)c3ccccc32)cc1. The Morgan fingerprint density at radius 3 is 2.45 bits per heavy atom. The van der Waals surface area contributed by atoms with E-state index < -0.39 is 5.91 Å². The van der Waals surface area contributed by atoms with Crippen molar-refractivity contribution in [2.75, 3.05) is 13.7 Å². The minimum Gasteiger partial charge on any atom is -0.497 e. The van der Waals surface area contributed by atoms with E-state index in [0.717, 1.165) is 44.8 Å². The van der Waals surface area contributed by atoms with Crippen LogP contribution in [-0.4, -0.2) is 45.2 Å². The van der Waals surface area contributed by atoms with Crippen LogP contribution in [0.4, 0.5) is 0 Å². The summed E-state index contributed by atoms with van der Waals surface area (Å²) in [6.07, 6.45) is 1.77. The summed E-state index contributed by atoms with van der Waals surface area (Å²) in [7, 11) is 1.64. The van der Waals surface area contributed by atoms with Gasteiger partial charge in [-0.05, 0) is 62.0 Å². The van der Waals surface area contributed by atoms with Crippen LogP contribution < -0.4 is 9.47 Å². The van der Waals surface area contributed by atoms with Crippen molar-refractivity contribution in [2.45, 2.75) is 20.4 Å². The van der Waals surface area contributed by atoms with Gasteiger partial charge < -0.3 is 14.0 Å². The summed E-state index contributed by atoms with van der Waals surface area (Å²) >= 11 is 1.30. The number of hydrogen-bond acceptors (Lipinski definition) is 6. The molecule has 2 aliphatic rings. The molecular formula is C31H27N5O3S. The number of hydrogen-bond donors (Lipinski definition) is 1. The van der Waals surface area contributed by atoms with Crippen LogP contribution in [0.1, 0.15) is 22.4 Å². The summed E-state index contributed by atoms with van der Waals surface area (Å²) in [5, 5.41) is 17.0. The van der Waals surface area contributed by atoms with Gasteiger partial charge in [0, 0.05) is 27.7 Å². The Morgan fingerprint density at radius 1 is 0.975 bits per heavy atom. The number of carbonyl (C=O) groups is 1. The molecule has 0 atom stereocenters. The van der Waals surface area contributed by atoms with Crippen molar-refractivity contribution in [3.05, 3.63) is 101 Å². The maximum Gasteiger partial charge on any atom is 0.283 e. The Bertz CT molecular complexity index is 1730. The molecule has 1 amide bonds. The predicted molar refractivity (Wildman–Crippen MR) is 160 cm³/mol. The Labute approximate surface area is 236 Å². The Hall–Kier alpha value is -4.63. The van der Waals surface area contributed by atoms with Gasteiger partial charge in [-0.15, -0.1) is 0 Å². The molecule has 200 valence electrons. The predicted octanol–water partition coefficient (Wildman–Crippen LogP) is 6.01. The average molecular weight is 550 g/mol. The number of aryl methyl sites for hydroxylation is 1. The first-order valence-electron chi connectivity index (χ1n) is 12.8. The molecule has 1 aromatic heterocycles. The van der Waals surface area contributed by atoms with Gasteiger partial charge in [0.2, 0.25) is 5.17 Å². The van der Waals surface area contributed by atoms with Gasteiger partial charge in [-0.2, -0.15) is 15.1 Å². The van der Waals surface area contributed by atoms with Crippen LogP contribution in [0.15, 0.2) is 88.5 Å². The summed E-state index contributed by atoms with van der Waals surface area (Å²) in [5.74, 6) is 1.12. The van der Waals surface area contributed by atoms with E-state index in [-0.39, 0.29) is 11.4 Å². The number of fused-ring (bicyclic) bond motifs is 2. The molecule has 2 aliphatic heterocycles. The third-order valence-corrected chi connectivity index (χ3v) is 7.92. The number of amidine groups is 2. The summed E-state index contributed by atoms with van der Waals surface area (Å²) in [6, 6.07) is 23.5. The second-order valence-electron chi connectivity index (χ2n) is 9.48. The lowest BCUT2D eigenvalue weighted by Gasteiger charge is -2.20. The summed E-state index contributed by atoms with van der Waals surface area (Å²) in [5.41, 5.74) is 5.16. The van der Waals surface area contributed by atoms with Gasteiger partial charge in [-0.1, -0.05) is 48.0 Å². The van der Waals surface area contributed by atoms with Gasteiger partial charge in [-0.25, -0.2) is 0 Å². The van der Waals surface area contributed by atoms with Crippen molar-refractivity contribution in [1.29, 1.82) is 5.41 Å². The molecule has 4 aromatic rings. The third-order valence-electron chi connectivity index (χ3n) is 6.96. The molecule has 0 unspecified atom stereocenters. The lowest BCUT2D eigenvalue weighted by molar-refractivity contribution is -0.114. The zero-order chi connectivity index (χ0) is 27.8. The molecular weight excluding hydrogens is 522 g/mol. The topological polar surface area (TPSA) is 92.3 Å². The standard InChI is InChI=1S/C31H27N5O3S/c1-19-8-10-21(11-9-19)30-34-36-28(32)26(29(37)33-31(36)40-30)18-25-20(2)35(27-7-5-4-6-24(25)27)16-17-39-23-14-12-22(38-3)13-15-23/h4-15,18,32H,16-17H2,1-3H3/b26-18-,32-28?. The van der Waals surface area contributed by atoms with Crippen LogP contribution in [0.2, 0.25) is 0 Å². The number of para-hydroxylation sites is 1. The van der Waals surface area contributed by atoms with Crippen molar-refractivity contribution in [1.82, 2.24) is 9.58 Å². The lowest BCUT2D eigenvalue weighted by atomic mass is 10.1. The van der Waals surface area contributed by atoms with Gasteiger partial charge >= 0.3 is 0 Å².